The first-order chi connectivity index (χ1) is 5.01. The molecule has 1 aliphatic carbocycles. The molecular weight excluding hydrogens is 148 g/mol. The molecule has 1 heteroatoms. The summed E-state index contributed by atoms with van der Waals surface area (Å²) in [5.41, 5.74) is 1.32. The van der Waals surface area contributed by atoms with E-state index in [-0.39, 0.29) is 0 Å². The van der Waals surface area contributed by atoms with E-state index in [1.165, 1.54) is 28.7 Å². The summed E-state index contributed by atoms with van der Waals surface area (Å²) in [7, 11) is 1.28. The normalized spacial score (nSPS) is 37.5. The Bertz CT molecular complexity index is 189. The van der Waals surface area contributed by atoms with Gasteiger partial charge in [0.25, 0.3) is 0 Å². The van der Waals surface area contributed by atoms with Gasteiger partial charge in [-0.3, -0.25) is 0 Å². The fraction of sp³-hybridized carbons (Fsp3) is 0.600. The maximum absolute atomic E-state index is 3.99. The quantitative estimate of drug-likeness (QED) is 0.413. The molecule has 1 aliphatic rings. The van der Waals surface area contributed by atoms with Crippen LogP contribution in [0.5, 0.6) is 0 Å². The van der Waals surface area contributed by atoms with Crippen molar-refractivity contribution in [3.63, 3.8) is 0 Å². The molecule has 2 atom stereocenters. The number of rotatable bonds is 1. The molecule has 0 amide bonds. The van der Waals surface area contributed by atoms with Gasteiger partial charge in [-0.15, -0.1) is 0 Å². The number of hydrogen-bond acceptors (Lipinski definition) is 0. The van der Waals surface area contributed by atoms with E-state index in [4.69, 9.17) is 0 Å². The van der Waals surface area contributed by atoms with Crippen LogP contribution in [0.2, 0.25) is 5.04 Å². The van der Waals surface area contributed by atoms with Crippen molar-refractivity contribution in [1.29, 1.82) is 0 Å². The third kappa shape index (κ3) is 2.33. The van der Waals surface area contributed by atoms with Crippen LogP contribution in [-0.4, -0.2) is 10.2 Å². The highest BCUT2D eigenvalue weighted by Crippen LogP contribution is 2.37. The van der Waals surface area contributed by atoms with E-state index < -0.39 is 0 Å². The van der Waals surface area contributed by atoms with E-state index in [9.17, 15) is 0 Å². The molecule has 2 unspecified atom stereocenters. The molecule has 0 spiro atoms. The van der Waals surface area contributed by atoms with Crippen LogP contribution < -0.4 is 0 Å². The van der Waals surface area contributed by atoms with Gasteiger partial charge in [-0.1, -0.05) is 31.2 Å². The molecule has 62 valence electrons. The van der Waals surface area contributed by atoms with Gasteiger partial charge in [0, 0.05) is 10.2 Å². The number of allylic oxidation sites excluding steroid dienone is 3. The minimum absolute atomic E-state index is 0.561. The zero-order valence-electron chi connectivity index (χ0n) is 7.85. The van der Waals surface area contributed by atoms with Crippen molar-refractivity contribution in [3.05, 3.63) is 24.3 Å². The highest BCUT2D eigenvalue weighted by Gasteiger charge is 2.21. The lowest BCUT2D eigenvalue weighted by Gasteiger charge is -2.28. The second kappa shape index (κ2) is 2.98. The maximum atomic E-state index is 3.99. The summed E-state index contributed by atoms with van der Waals surface area (Å²) < 4.78 is 0. The molecule has 11 heavy (non-hydrogen) atoms. The van der Waals surface area contributed by atoms with E-state index in [0.717, 1.165) is 0 Å². The molecule has 0 bridgehead atoms. The number of hydrogen-bond donors (Lipinski definition) is 0. The Labute approximate surface area is 72.8 Å². The van der Waals surface area contributed by atoms with Crippen LogP contribution in [0.4, 0.5) is 0 Å². The molecule has 0 saturated carbocycles. The second-order valence-corrected chi connectivity index (χ2v) is 6.62. The minimum Gasteiger partial charge on any atom is -0.0995 e. The van der Waals surface area contributed by atoms with Crippen LogP contribution in [-0.2, 0) is 0 Å². The molecule has 0 aromatic heterocycles. The van der Waals surface area contributed by atoms with Crippen LogP contribution >= 0.6 is 0 Å². The molecule has 0 aromatic carbocycles. The summed E-state index contributed by atoms with van der Waals surface area (Å²) in [5.74, 6) is 0.664. The Morgan fingerprint density at radius 3 is 2.73 bits per heavy atom. The van der Waals surface area contributed by atoms with Crippen molar-refractivity contribution in [2.24, 2.45) is 5.92 Å². The Hall–Kier alpha value is -0.303. The summed E-state index contributed by atoms with van der Waals surface area (Å²) in [6.07, 6.45) is 7.40. The highest BCUT2D eigenvalue weighted by atomic mass is 28.1. The minimum atomic E-state index is 0.561. The lowest BCUT2D eigenvalue weighted by atomic mass is 9.85. The van der Waals surface area contributed by atoms with Crippen molar-refractivity contribution >= 4 is 10.2 Å². The zero-order valence-corrected chi connectivity index (χ0v) is 9.85. The van der Waals surface area contributed by atoms with Crippen molar-refractivity contribution in [1.82, 2.24) is 0 Å². The van der Waals surface area contributed by atoms with Gasteiger partial charge in [-0.05, 0) is 30.7 Å². The standard InChI is InChI=1S/C10H18Si/c1-8(2)9-4-6-10(3,11)7-5-9/h4,6,9H,1,5,7H2,2-3,11H3. The van der Waals surface area contributed by atoms with E-state index in [1.807, 2.05) is 0 Å². The SMILES string of the molecule is C=C(C)C1C=CC(C)([SiH3])CC1. The molecule has 0 aliphatic heterocycles. The van der Waals surface area contributed by atoms with Gasteiger partial charge in [0.2, 0.25) is 0 Å². The van der Waals surface area contributed by atoms with Crippen molar-refractivity contribution in [2.75, 3.05) is 0 Å². The summed E-state index contributed by atoms with van der Waals surface area (Å²) in [5, 5.41) is 0.561. The van der Waals surface area contributed by atoms with E-state index >= 15 is 0 Å². The summed E-state index contributed by atoms with van der Waals surface area (Å²) in [4.78, 5) is 0. The molecule has 0 radical (unpaired) electrons. The molecule has 0 aromatic rings. The van der Waals surface area contributed by atoms with E-state index in [2.05, 4.69) is 32.6 Å². The molecule has 0 fully saturated rings. The van der Waals surface area contributed by atoms with Crippen LogP contribution in [0.25, 0.3) is 0 Å². The first-order valence-corrected chi connectivity index (χ1v) is 5.36. The Kier molecular flexibility index (Phi) is 2.38. The smallest absolute Gasteiger partial charge is 0.0151 e. The zero-order chi connectivity index (χ0) is 8.48. The van der Waals surface area contributed by atoms with Crippen molar-refractivity contribution in [2.45, 2.75) is 31.7 Å². The van der Waals surface area contributed by atoms with Gasteiger partial charge >= 0.3 is 0 Å². The lowest BCUT2D eigenvalue weighted by molar-refractivity contribution is 0.531. The van der Waals surface area contributed by atoms with Crippen LogP contribution in [0.1, 0.15) is 26.7 Å². The van der Waals surface area contributed by atoms with E-state index in [1.54, 1.807) is 0 Å². The van der Waals surface area contributed by atoms with E-state index in [0.29, 0.717) is 11.0 Å². The summed E-state index contributed by atoms with van der Waals surface area (Å²) in [6.45, 7) is 8.47. The van der Waals surface area contributed by atoms with Crippen LogP contribution in [0, 0.1) is 5.92 Å². The van der Waals surface area contributed by atoms with Gasteiger partial charge in [0.15, 0.2) is 0 Å². The molecule has 0 saturated heterocycles. The third-order valence-corrected chi connectivity index (χ3v) is 3.35. The summed E-state index contributed by atoms with van der Waals surface area (Å²) in [6, 6.07) is 0. The maximum Gasteiger partial charge on any atom is 0.0151 e. The Morgan fingerprint density at radius 2 is 2.36 bits per heavy atom. The average Bonchev–Trinajstić information content (AvgIpc) is 1.86. The van der Waals surface area contributed by atoms with Gasteiger partial charge in [-0.2, -0.15) is 0 Å². The summed E-state index contributed by atoms with van der Waals surface area (Å²) >= 11 is 0. The monoisotopic (exact) mass is 166 g/mol. The fourth-order valence-corrected chi connectivity index (χ4v) is 1.98. The van der Waals surface area contributed by atoms with Crippen molar-refractivity contribution in [3.8, 4) is 0 Å². The topological polar surface area (TPSA) is 0 Å². The van der Waals surface area contributed by atoms with Gasteiger partial charge in [0.05, 0.1) is 0 Å². The molecule has 0 heterocycles. The first kappa shape index (κ1) is 8.79. The van der Waals surface area contributed by atoms with Gasteiger partial charge < -0.3 is 0 Å². The first-order valence-electron chi connectivity index (χ1n) is 4.36. The lowest BCUT2D eigenvalue weighted by Crippen LogP contribution is -2.13. The van der Waals surface area contributed by atoms with Crippen LogP contribution in [0.15, 0.2) is 24.3 Å². The Balaban J connectivity index is 2.63. The fourth-order valence-electron chi connectivity index (χ4n) is 1.49. The predicted octanol–water partition coefficient (Wildman–Crippen LogP) is 2.07. The third-order valence-electron chi connectivity index (χ3n) is 2.51. The Morgan fingerprint density at radius 1 is 1.73 bits per heavy atom. The highest BCUT2D eigenvalue weighted by molar-refractivity contribution is 6.16. The average molecular weight is 166 g/mol. The predicted molar refractivity (Wildman–Crippen MR) is 55.0 cm³/mol. The van der Waals surface area contributed by atoms with Gasteiger partial charge in [-0.25, -0.2) is 0 Å². The van der Waals surface area contributed by atoms with Crippen molar-refractivity contribution < 1.29 is 0 Å². The largest absolute Gasteiger partial charge is 0.0995 e. The molecule has 0 nitrogen and oxygen atoms in total. The second-order valence-electron chi connectivity index (χ2n) is 4.34. The molecule has 0 N–H and O–H groups in total. The van der Waals surface area contributed by atoms with Gasteiger partial charge in [0.1, 0.15) is 0 Å². The molecular formula is C10H18Si. The molecule has 1 rings (SSSR count). The van der Waals surface area contributed by atoms with Crippen LogP contribution in [0.3, 0.4) is 0 Å².